The molecule has 4 heteroatoms. The van der Waals surface area contributed by atoms with Gasteiger partial charge in [0.2, 0.25) is 0 Å². The zero-order chi connectivity index (χ0) is 13.5. The Balaban J connectivity index is 2.46. The van der Waals surface area contributed by atoms with Crippen LogP contribution in [0.4, 0.5) is 4.39 Å². The second-order valence-electron chi connectivity index (χ2n) is 4.70. The summed E-state index contributed by atoms with van der Waals surface area (Å²) in [5.74, 6) is -0.224. The fourth-order valence-electron chi connectivity index (χ4n) is 1.86. The Kier molecular flexibility index (Phi) is 6.25. The van der Waals surface area contributed by atoms with Crippen molar-refractivity contribution >= 4 is 0 Å². The van der Waals surface area contributed by atoms with E-state index in [1.807, 2.05) is 13.1 Å². The van der Waals surface area contributed by atoms with Crippen LogP contribution >= 0.6 is 0 Å². The van der Waals surface area contributed by atoms with E-state index in [0.29, 0.717) is 18.2 Å². The van der Waals surface area contributed by atoms with Crippen LogP contribution in [0.2, 0.25) is 0 Å². The molecule has 102 valence electrons. The molecule has 1 aromatic carbocycles. The van der Waals surface area contributed by atoms with Crippen molar-refractivity contribution in [1.82, 2.24) is 4.90 Å². The summed E-state index contributed by atoms with van der Waals surface area (Å²) >= 11 is 0. The predicted molar refractivity (Wildman–Crippen MR) is 71.9 cm³/mol. The second kappa shape index (κ2) is 7.46. The van der Waals surface area contributed by atoms with Crippen molar-refractivity contribution in [1.29, 1.82) is 0 Å². The molecule has 0 bridgehead atoms. The molecule has 0 saturated carbocycles. The summed E-state index contributed by atoms with van der Waals surface area (Å²) in [4.78, 5) is 2.17. The smallest absolute Gasteiger partial charge is 0.127 e. The highest BCUT2D eigenvalue weighted by atomic mass is 19.1. The maximum absolute atomic E-state index is 13.5. The van der Waals surface area contributed by atoms with Crippen LogP contribution in [0.5, 0.6) is 0 Å². The van der Waals surface area contributed by atoms with E-state index in [2.05, 4.69) is 11.8 Å². The maximum atomic E-state index is 13.5. The minimum Gasteiger partial charge on any atom is -0.383 e. The molecule has 18 heavy (non-hydrogen) atoms. The molecule has 2 atom stereocenters. The Morgan fingerprint density at radius 3 is 2.67 bits per heavy atom. The quantitative estimate of drug-likeness (QED) is 0.810. The van der Waals surface area contributed by atoms with Gasteiger partial charge in [-0.25, -0.2) is 4.39 Å². The predicted octanol–water partition coefficient (Wildman–Crippen LogP) is 2.18. The first-order chi connectivity index (χ1) is 8.56. The first-order valence-corrected chi connectivity index (χ1v) is 6.25. The molecule has 0 aromatic heterocycles. The Morgan fingerprint density at radius 2 is 2.06 bits per heavy atom. The normalized spacial score (nSPS) is 14.8. The summed E-state index contributed by atoms with van der Waals surface area (Å²) in [6, 6.07) is 6.77. The minimum atomic E-state index is -0.261. The summed E-state index contributed by atoms with van der Waals surface area (Å²) in [7, 11) is 3.72. The van der Waals surface area contributed by atoms with E-state index in [1.54, 1.807) is 19.2 Å². The summed E-state index contributed by atoms with van der Waals surface area (Å²) in [5.41, 5.74) is 6.61. The average molecular weight is 254 g/mol. The van der Waals surface area contributed by atoms with Crippen LogP contribution < -0.4 is 5.73 Å². The molecule has 0 saturated heterocycles. The van der Waals surface area contributed by atoms with Gasteiger partial charge in [0.05, 0.1) is 6.61 Å². The van der Waals surface area contributed by atoms with Crippen LogP contribution in [0.25, 0.3) is 0 Å². The van der Waals surface area contributed by atoms with E-state index in [0.717, 1.165) is 13.0 Å². The fraction of sp³-hybridized carbons (Fsp3) is 0.571. The number of rotatable bonds is 7. The van der Waals surface area contributed by atoms with Gasteiger partial charge in [0.15, 0.2) is 0 Å². The molecule has 2 N–H and O–H groups in total. The Bertz CT molecular complexity index is 359. The lowest BCUT2D eigenvalue weighted by Crippen LogP contribution is -2.34. The van der Waals surface area contributed by atoms with E-state index >= 15 is 0 Å². The van der Waals surface area contributed by atoms with Crippen molar-refractivity contribution < 1.29 is 9.13 Å². The van der Waals surface area contributed by atoms with Crippen molar-refractivity contribution in [3.63, 3.8) is 0 Å². The summed E-state index contributed by atoms with van der Waals surface area (Å²) in [6.07, 6.45) is 0.728. The van der Waals surface area contributed by atoms with Gasteiger partial charge in [0.1, 0.15) is 5.82 Å². The molecule has 0 fully saturated rings. The molecular formula is C14H23FN2O. The Hall–Kier alpha value is -0.970. The first-order valence-electron chi connectivity index (χ1n) is 6.25. The number of hydrogen-bond acceptors (Lipinski definition) is 3. The molecule has 0 amide bonds. The molecule has 2 unspecified atom stereocenters. The molecule has 0 aliphatic heterocycles. The molecule has 1 rings (SSSR count). The van der Waals surface area contributed by atoms with Gasteiger partial charge in [0, 0.05) is 31.3 Å². The van der Waals surface area contributed by atoms with Gasteiger partial charge in [-0.05, 0) is 26.5 Å². The highest BCUT2D eigenvalue weighted by Crippen LogP contribution is 2.17. The number of nitrogens with zero attached hydrogens (tertiary/aromatic N) is 1. The van der Waals surface area contributed by atoms with Gasteiger partial charge in [-0.2, -0.15) is 0 Å². The van der Waals surface area contributed by atoms with Crippen LogP contribution in [0.3, 0.4) is 0 Å². The monoisotopic (exact) mass is 254 g/mol. The van der Waals surface area contributed by atoms with Crippen LogP contribution in [0, 0.1) is 5.82 Å². The fourth-order valence-corrected chi connectivity index (χ4v) is 1.86. The van der Waals surface area contributed by atoms with Crippen molar-refractivity contribution in [3.8, 4) is 0 Å². The average Bonchev–Trinajstić information content (AvgIpc) is 2.36. The first kappa shape index (κ1) is 15.1. The maximum Gasteiger partial charge on any atom is 0.127 e. The molecular weight excluding hydrogens is 231 g/mol. The number of nitrogens with two attached hydrogens (primary N) is 1. The van der Waals surface area contributed by atoms with E-state index in [4.69, 9.17) is 10.5 Å². The Labute approximate surface area is 109 Å². The van der Waals surface area contributed by atoms with Crippen molar-refractivity contribution in [2.24, 2.45) is 5.73 Å². The molecule has 0 heterocycles. The zero-order valence-corrected chi connectivity index (χ0v) is 11.4. The lowest BCUT2D eigenvalue weighted by Gasteiger charge is -2.25. The number of halogens is 1. The van der Waals surface area contributed by atoms with E-state index in [9.17, 15) is 4.39 Å². The lowest BCUT2D eigenvalue weighted by molar-refractivity contribution is 0.113. The largest absolute Gasteiger partial charge is 0.383 e. The number of hydrogen-bond donors (Lipinski definition) is 1. The van der Waals surface area contributed by atoms with Crippen molar-refractivity contribution in [2.45, 2.75) is 25.4 Å². The summed E-state index contributed by atoms with van der Waals surface area (Å²) in [5, 5.41) is 0. The van der Waals surface area contributed by atoms with Gasteiger partial charge in [-0.1, -0.05) is 18.2 Å². The molecule has 0 aliphatic carbocycles. The Morgan fingerprint density at radius 1 is 1.39 bits per heavy atom. The highest BCUT2D eigenvalue weighted by molar-refractivity contribution is 5.20. The van der Waals surface area contributed by atoms with Crippen LogP contribution in [-0.4, -0.2) is 38.3 Å². The van der Waals surface area contributed by atoms with Crippen LogP contribution in [-0.2, 0) is 4.74 Å². The van der Waals surface area contributed by atoms with Gasteiger partial charge in [0.25, 0.3) is 0 Å². The number of methoxy groups -OCH3 is 1. The molecule has 0 radical (unpaired) electrons. The van der Waals surface area contributed by atoms with Crippen LogP contribution in [0.1, 0.15) is 24.9 Å². The van der Waals surface area contributed by atoms with Crippen molar-refractivity contribution in [2.75, 3.05) is 27.3 Å². The standard InChI is InChI=1S/C14H23FN2O/c1-11(10-18-3)17(2)9-8-14(16)12-6-4-5-7-13(12)15/h4-7,11,14H,8-10,16H2,1-3H3. The zero-order valence-electron chi connectivity index (χ0n) is 11.4. The van der Waals surface area contributed by atoms with Gasteiger partial charge in [-0.15, -0.1) is 0 Å². The SMILES string of the molecule is COCC(C)N(C)CCC(N)c1ccccc1F. The van der Waals surface area contributed by atoms with Gasteiger partial charge in [-0.3, -0.25) is 0 Å². The van der Waals surface area contributed by atoms with E-state index in [1.165, 1.54) is 6.07 Å². The minimum absolute atomic E-state index is 0.224. The molecule has 0 spiro atoms. The summed E-state index contributed by atoms with van der Waals surface area (Å²) < 4.78 is 18.6. The third-order valence-corrected chi connectivity index (χ3v) is 3.26. The number of likely N-dealkylation sites (N-methyl/N-ethyl adjacent to an activating group) is 1. The number of ether oxygens (including phenoxy) is 1. The van der Waals surface area contributed by atoms with E-state index < -0.39 is 0 Å². The molecule has 1 aromatic rings. The molecule has 3 nitrogen and oxygen atoms in total. The lowest BCUT2D eigenvalue weighted by atomic mass is 10.0. The topological polar surface area (TPSA) is 38.5 Å². The van der Waals surface area contributed by atoms with Gasteiger partial charge < -0.3 is 15.4 Å². The van der Waals surface area contributed by atoms with Gasteiger partial charge >= 0.3 is 0 Å². The highest BCUT2D eigenvalue weighted by Gasteiger charge is 2.14. The van der Waals surface area contributed by atoms with Crippen LogP contribution in [0.15, 0.2) is 24.3 Å². The van der Waals surface area contributed by atoms with Crippen molar-refractivity contribution in [3.05, 3.63) is 35.6 Å². The second-order valence-corrected chi connectivity index (χ2v) is 4.70. The molecule has 0 aliphatic rings. The third kappa shape index (κ3) is 4.37. The summed E-state index contributed by atoms with van der Waals surface area (Å²) in [6.45, 7) is 3.60. The third-order valence-electron chi connectivity index (χ3n) is 3.26. The van der Waals surface area contributed by atoms with E-state index in [-0.39, 0.29) is 11.9 Å². The number of benzene rings is 1.